The van der Waals surface area contributed by atoms with Crippen LogP contribution in [0.3, 0.4) is 0 Å². The van der Waals surface area contributed by atoms with E-state index in [2.05, 4.69) is 53.9 Å². The quantitative estimate of drug-likeness (QED) is 0.340. The van der Waals surface area contributed by atoms with Crippen LogP contribution in [-0.4, -0.2) is 17.7 Å². The van der Waals surface area contributed by atoms with Gasteiger partial charge in [0.1, 0.15) is 0 Å². The number of hydrogen-bond acceptors (Lipinski definition) is 3. The van der Waals surface area contributed by atoms with Crippen LogP contribution in [0.15, 0.2) is 70.4 Å². The third-order valence-electron chi connectivity index (χ3n) is 7.89. The fourth-order valence-electron chi connectivity index (χ4n) is 5.44. The van der Waals surface area contributed by atoms with Crippen LogP contribution in [0.4, 0.5) is 0 Å². The number of Topliss-reactive ketones (excluding diaryl/α,β-unsaturated/α-hetero) is 1. The number of aryl methyl sites for hydroxylation is 2. The highest BCUT2D eigenvalue weighted by Crippen LogP contribution is 2.31. The van der Waals surface area contributed by atoms with Gasteiger partial charge in [0.05, 0.1) is 11.6 Å². The minimum absolute atomic E-state index is 0.0907. The highest BCUT2D eigenvalue weighted by Gasteiger charge is 2.22. The second-order valence-corrected chi connectivity index (χ2v) is 10.7. The van der Waals surface area contributed by atoms with E-state index < -0.39 is 0 Å². The molecule has 1 fully saturated rings. The lowest BCUT2D eigenvalue weighted by atomic mass is 9.79. The maximum absolute atomic E-state index is 13.2. The summed E-state index contributed by atoms with van der Waals surface area (Å²) in [6, 6.07) is 12.5. The molecule has 1 saturated carbocycles. The van der Waals surface area contributed by atoms with Gasteiger partial charge in [-0.05, 0) is 73.3 Å². The molecule has 3 nitrogen and oxygen atoms in total. The van der Waals surface area contributed by atoms with E-state index in [9.17, 15) is 4.79 Å². The molecule has 0 amide bonds. The zero-order valence-electron chi connectivity index (χ0n) is 21.6. The number of ketones is 1. The highest BCUT2D eigenvalue weighted by atomic mass is 16.1. The van der Waals surface area contributed by atoms with Gasteiger partial charge >= 0.3 is 0 Å². The summed E-state index contributed by atoms with van der Waals surface area (Å²) in [6.07, 6.45) is 14.4. The zero-order chi connectivity index (χ0) is 25.1. The summed E-state index contributed by atoms with van der Waals surface area (Å²) in [6.45, 7) is 6.60. The molecule has 1 unspecified atom stereocenters. The molecule has 0 bridgehead atoms. The largest absolute Gasteiger partial charge is 0.294 e. The average Bonchev–Trinajstić information content (AvgIpc) is 3.29. The molecule has 0 spiro atoms. The smallest absolute Gasteiger partial charge is 0.167 e. The minimum Gasteiger partial charge on any atom is -0.294 e. The third-order valence-corrected chi connectivity index (χ3v) is 7.89. The normalized spacial score (nSPS) is 22.4. The van der Waals surface area contributed by atoms with Gasteiger partial charge in [-0.1, -0.05) is 68.0 Å². The van der Waals surface area contributed by atoms with Crippen molar-refractivity contribution in [1.82, 2.24) is 0 Å². The molecular formula is C33H34N2O. The molecule has 2 heterocycles. The summed E-state index contributed by atoms with van der Waals surface area (Å²) in [5, 5.41) is 0. The number of nitrogens with zero attached hydrogens (tertiary/aromatic N) is 2. The van der Waals surface area contributed by atoms with E-state index in [0.29, 0.717) is 12.0 Å². The Bertz CT molecular complexity index is 1350. The first-order valence-electron chi connectivity index (χ1n) is 13.2. The Balaban J connectivity index is 1.25. The van der Waals surface area contributed by atoms with Crippen LogP contribution in [0, 0.1) is 43.4 Å². The van der Waals surface area contributed by atoms with Crippen molar-refractivity contribution >= 4 is 17.7 Å². The monoisotopic (exact) mass is 474 g/mol. The van der Waals surface area contributed by atoms with Crippen molar-refractivity contribution in [3.05, 3.63) is 93.8 Å². The van der Waals surface area contributed by atoms with Crippen molar-refractivity contribution in [2.45, 2.75) is 59.3 Å². The van der Waals surface area contributed by atoms with Crippen molar-refractivity contribution in [3.8, 4) is 11.8 Å². The van der Waals surface area contributed by atoms with Gasteiger partial charge in [-0.2, -0.15) is 0 Å². The average molecular weight is 475 g/mol. The molecule has 0 saturated heterocycles. The van der Waals surface area contributed by atoms with Crippen molar-refractivity contribution in [2.75, 3.05) is 0 Å². The maximum Gasteiger partial charge on any atom is 0.167 e. The Hall–Kier alpha value is -3.51. The Morgan fingerprint density at radius 2 is 1.83 bits per heavy atom. The SMILES string of the molecule is Cc1ccc(C(=O)Cc2ccc(CC3CCC(C)CC3)c(C)c2)cc1C#CC1=CN=C2C=NC=CC12. The summed E-state index contributed by atoms with van der Waals surface area (Å²) in [5.74, 6) is 8.47. The fraction of sp³-hybridized carbons (Fsp3) is 0.364. The first-order valence-corrected chi connectivity index (χ1v) is 13.2. The van der Waals surface area contributed by atoms with Gasteiger partial charge in [-0.15, -0.1) is 0 Å². The van der Waals surface area contributed by atoms with Gasteiger partial charge in [0, 0.05) is 41.7 Å². The highest BCUT2D eigenvalue weighted by molar-refractivity contribution is 6.34. The predicted molar refractivity (Wildman–Crippen MR) is 149 cm³/mol. The van der Waals surface area contributed by atoms with Crippen LogP contribution in [-0.2, 0) is 12.8 Å². The topological polar surface area (TPSA) is 41.8 Å². The van der Waals surface area contributed by atoms with Gasteiger partial charge in [0.15, 0.2) is 5.78 Å². The molecule has 2 aromatic carbocycles. The predicted octanol–water partition coefficient (Wildman–Crippen LogP) is 7.00. The third kappa shape index (κ3) is 5.49. The van der Waals surface area contributed by atoms with E-state index in [1.165, 1.54) is 43.2 Å². The van der Waals surface area contributed by atoms with E-state index in [0.717, 1.165) is 39.8 Å². The molecule has 2 aromatic rings. The first kappa shape index (κ1) is 24.2. The molecule has 5 rings (SSSR count). The lowest BCUT2D eigenvalue weighted by Gasteiger charge is -2.26. The lowest BCUT2D eigenvalue weighted by Crippen LogP contribution is -2.15. The Labute approximate surface area is 215 Å². The molecule has 1 atom stereocenters. The van der Waals surface area contributed by atoms with Gasteiger partial charge in [0.2, 0.25) is 0 Å². The molecule has 0 N–H and O–H groups in total. The van der Waals surface area contributed by atoms with Crippen LogP contribution >= 0.6 is 0 Å². The number of hydrogen-bond donors (Lipinski definition) is 0. The fourth-order valence-corrected chi connectivity index (χ4v) is 5.44. The number of carbonyl (C=O) groups is 1. The summed E-state index contributed by atoms with van der Waals surface area (Å²) in [5.41, 5.74) is 8.38. The van der Waals surface area contributed by atoms with Gasteiger partial charge in [-0.3, -0.25) is 14.8 Å². The second kappa shape index (κ2) is 10.6. The molecule has 3 heteroatoms. The van der Waals surface area contributed by atoms with Gasteiger partial charge in [0.25, 0.3) is 0 Å². The summed E-state index contributed by atoms with van der Waals surface area (Å²) in [4.78, 5) is 21.7. The van der Waals surface area contributed by atoms with Gasteiger partial charge in [-0.25, -0.2) is 0 Å². The summed E-state index contributed by atoms with van der Waals surface area (Å²) in [7, 11) is 0. The number of aliphatic imine (C=N–C) groups is 2. The molecule has 182 valence electrons. The van der Waals surface area contributed by atoms with Crippen LogP contribution in [0.25, 0.3) is 0 Å². The molecule has 1 aliphatic carbocycles. The van der Waals surface area contributed by atoms with E-state index in [4.69, 9.17) is 0 Å². The standard InChI is InChI=1S/C33H34N2O/c1-22-4-7-25(8-5-22)17-27-11-9-26(16-24(27)3)18-33(36)29-10-6-23(2)28(19-29)12-13-30-20-35-32-21-34-15-14-31(30)32/h6,9-11,14-16,19-22,25,31H,4-5,7-8,17-18H2,1-3H3. The number of allylic oxidation sites excluding steroid dienone is 2. The van der Waals surface area contributed by atoms with Crippen LogP contribution in [0.5, 0.6) is 0 Å². The Kier molecular flexibility index (Phi) is 7.14. The lowest BCUT2D eigenvalue weighted by molar-refractivity contribution is 0.0993. The van der Waals surface area contributed by atoms with E-state index >= 15 is 0 Å². The summed E-state index contributed by atoms with van der Waals surface area (Å²) >= 11 is 0. The summed E-state index contributed by atoms with van der Waals surface area (Å²) < 4.78 is 0. The minimum atomic E-state index is 0.0907. The molecule has 3 aliphatic rings. The molecule has 36 heavy (non-hydrogen) atoms. The number of benzene rings is 2. The second-order valence-electron chi connectivity index (χ2n) is 10.7. The van der Waals surface area contributed by atoms with Crippen molar-refractivity contribution in [3.63, 3.8) is 0 Å². The molecule has 0 radical (unpaired) electrons. The van der Waals surface area contributed by atoms with E-state index in [-0.39, 0.29) is 11.7 Å². The van der Waals surface area contributed by atoms with E-state index in [1.54, 1.807) is 12.4 Å². The maximum atomic E-state index is 13.2. The van der Waals surface area contributed by atoms with Crippen molar-refractivity contribution < 1.29 is 4.79 Å². The van der Waals surface area contributed by atoms with E-state index in [1.807, 2.05) is 37.4 Å². The molecular weight excluding hydrogens is 440 g/mol. The van der Waals surface area contributed by atoms with Crippen molar-refractivity contribution in [1.29, 1.82) is 0 Å². The Morgan fingerprint density at radius 1 is 1.00 bits per heavy atom. The van der Waals surface area contributed by atoms with Gasteiger partial charge < -0.3 is 0 Å². The first-order chi connectivity index (χ1) is 17.5. The van der Waals surface area contributed by atoms with Crippen molar-refractivity contribution in [2.24, 2.45) is 27.7 Å². The van der Waals surface area contributed by atoms with Crippen LogP contribution in [0.2, 0.25) is 0 Å². The number of fused-ring (bicyclic) bond motifs is 1. The van der Waals surface area contributed by atoms with Crippen LogP contribution < -0.4 is 0 Å². The zero-order valence-corrected chi connectivity index (χ0v) is 21.6. The van der Waals surface area contributed by atoms with Crippen LogP contribution in [0.1, 0.15) is 70.8 Å². The molecule has 2 aliphatic heterocycles. The Morgan fingerprint density at radius 3 is 2.64 bits per heavy atom. The number of carbonyl (C=O) groups excluding carboxylic acids is 1. The molecule has 0 aromatic heterocycles. The number of rotatable bonds is 5.